The smallest absolute Gasteiger partial charge is 0.165 e. The summed E-state index contributed by atoms with van der Waals surface area (Å²) in [6.45, 7) is 3.67. The molecule has 0 saturated carbocycles. The highest BCUT2D eigenvalue weighted by Crippen LogP contribution is 2.29. The Hall–Kier alpha value is -2.77. The molecule has 1 saturated heterocycles. The standard InChI is InChI=1S/C17H20N8/c1-23-11-22-14-16(23)20-10-21-17(14)25-7-5-24(6-8-25)15-12-3-2-4-13(12)18-9-19-15/h9-11H,2-8H2,1H3. The fraction of sp³-hybridized carbons (Fsp3) is 0.471. The van der Waals surface area contributed by atoms with Crippen molar-refractivity contribution in [1.29, 1.82) is 0 Å². The van der Waals surface area contributed by atoms with Gasteiger partial charge in [0.2, 0.25) is 0 Å². The molecule has 0 radical (unpaired) electrons. The van der Waals surface area contributed by atoms with Gasteiger partial charge < -0.3 is 14.4 Å². The van der Waals surface area contributed by atoms with E-state index in [2.05, 4.69) is 34.7 Å². The van der Waals surface area contributed by atoms with E-state index in [0.29, 0.717) is 0 Å². The van der Waals surface area contributed by atoms with Crippen LogP contribution >= 0.6 is 0 Å². The van der Waals surface area contributed by atoms with Gasteiger partial charge in [0.25, 0.3) is 0 Å². The van der Waals surface area contributed by atoms with Crippen LogP contribution in [0.25, 0.3) is 11.2 Å². The zero-order chi connectivity index (χ0) is 16.8. The molecule has 0 N–H and O–H groups in total. The Morgan fingerprint density at radius 2 is 1.52 bits per heavy atom. The number of rotatable bonds is 2. The van der Waals surface area contributed by atoms with Gasteiger partial charge in [0, 0.05) is 44.5 Å². The Balaban J connectivity index is 1.39. The molecule has 1 aliphatic heterocycles. The van der Waals surface area contributed by atoms with Crippen molar-refractivity contribution in [2.75, 3.05) is 36.0 Å². The zero-order valence-electron chi connectivity index (χ0n) is 14.3. The highest BCUT2D eigenvalue weighted by Gasteiger charge is 2.26. The first-order valence-electron chi connectivity index (χ1n) is 8.76. The van der Waals surface area contributed by atoms with E-state index in [1.54, 1.807) is 19.0 Å². The second-order valence-electron chi connectivity index (χ2n) is 6.68. The molecule has 1 aliphatic carbocycles. The molecule has 0 bridgehead atoms. The van der Waals surface area contributed by atoms with E-state index in [4.69, 9.17) is 0 Å². The highest BCUT2D eigenvalue weighted by molar-refractivity contribution is 5.83. The van der Waals surface area contributed by atoms with Gasteiger partial charge in [-0.1, -0.05) is 0 Å². The summed E-state index contributed by atoms with van der Waals surface area (Å²) in [4.78, 5) is 27.0. The summed E-state index contributed by atoms with van der Waals surface area (Å²) in [6, 6.07) is 0. The highest BCUT2D eigenvalue weighted by atomic mass is 15.3. The normalized spacial score (nSPS) is 17.3. The monoisotopic (exact) mass is 336 g/mol. The molecule has 3 aromatic rings. The number of piperazine rings is 1. The summed E-state index contributed by atoms with van der Waals surface area (Å²) in [5, 5.41) is 0. The average molecular weight is 336 g/mol. The SMILES string of the molecule is Cn1cnc2c(N3CCN(c4ncnc5c4CCC5)CC3)ncnc21. The van der Waals surface area contributed by atoms with Gasteiger partial charge in [0.1, 0.15) is 18.5 Å². The van der Waals surface area contributed by atoms with E-state index in [9.17, 15) is 0 Å². The second-order valence-corrected chi connectivity index (χ2v) is 6.68. The predicted octanol–water partition coefficient (Wildman–Crippen LogP) is 0.969. The van der Waals surface area contributed by atoms with Crippen LogP contribution in [0.4, 0.5) is 11.6 Å². The Kier molecular flexibility index (Phi) is 3.29. The molecule has 1 fully saturated rings. The minimum absolute atomic E-state index is 0.876. The zero-order valence-corrected chi connectivity index (χ0v) is 14.3. The fourth-order valence-electron chi connectivity index (χ4n) is 3.91. The van der Waals surface area contributed by atoms with E-state index >= 15 is 0 Å². The van der Waals surface area contributed by atoms with Crippen LogP contribution in [-0.4, -0.2) is 55.7 Å². The van der Waals surface area contributed by atoms with Gasteiger partial charge in [0.15, 0.2) is 17.0 Å². The van der Waals surface area contributed by atoms with Gasteiger partial charge in [0.05, 0.1) is 6.33 Å². The number of hydrogen-bond acceptors (Lipinski definition) is 7. The predicted molar refractivity (Wildman–Crippen MR) is 94.8 cm³/mol. The fourth-order valence-corrected chi connectivity index (χ4v) is 3.91. The van der Waals surface area contributed by atoms with Crippen LogP contribution in [0.3, 0.4) is 0 Å². The van der Waals surface area contributed by atoms with Crippen LogP contribution in [0.5, 0.6) is 0 Å². The molecule has 4 heterocycles. The maximum absolute atomic E-state index is 4.58. The van der Waals surface area contributed by atoms with E-state index < -0.39 is 0 Å². The molecule has 8 nitrogen and oxygen atoms in total. The molecule has 0 spiro atoms. The number of fused-ring (bicyclic) bond motifs is 2. The molecule has 0 unspecified atom stereocenters. The molecule has 0 atom stereocenters. The van der Waals surface area contributed by atoms with Crippen molar-refractivity contribution >= 4 is 22.8 Å². The Labute approximate surface area is 145 Å². The average Bonchev–Trinajstić information content (AvgIpc) is 3.28. The van der Waals surface area contributed by atoms with Crippen LogP contribution < -0.4 is 9.80 Å². The van der Waals surface area contributed by atoms with Crippen molar-refractivity contribution in [3.8, 4) is 0 Å². The van der Waals surface area contributed by atoms with E-state index in [0.717, 1.165) is 61.8 Å². The van der Waals surface area contributed by atoms with Gasteiger partial charge in [-0.15, -0.1) is 0 Å². The lowest BCUT2D eigenvalue weighted by molar-refractivity contribution is 0.639. The first kappa shape index (κ1) is 14.6. The Bertz CT molecular complexity index is 926. The molecule has 2 aliphatic rings. The van der Waals surface area contributed by atoms with Gasteiger partial charge in [-0.3, -0.25) is 0 Å². The van der Waals surface area contributed by atoms with Crippen LogP contribution in [0.1, 0.15) is 17.7 Å². The maximum atomic E-state index is 4.58. The van der Waals surface area contributed by atoms with Crippen LogP contribution in [0.2, 0.25) is 0 Å². The quantitative estimate of drug-likeness (QED) is 0.690. The van der Waals surface area contributed by atoms with Crippen LogP contribution in [-0.2, 0) is 19.9 Å². The summed E-state index contributed by atoms with van der Waals surface area (Å²) >= 11 is 0. The van der Waals surface area contributed by atoms with Crippen molar-refractivity contribution in [3.63, 3.8) is 0 Å². The van der Waals surface area contributed by atoms with Crippen LogP contribution in [0, 0.1) is 0 Å². The van der Waals surface area contributed by atoms with Crippen molar-refractivity contribution < 1.29 is 0 Å². The third-order valence-electron chi connectivity index (χ3n) is 5.21. The Morgan fingerprint density at radius 1 is 0.800 bits per heavy atom. The molecular formula is C17H20N8. The number of nitrogens with zero attached hydrogens (tertiary/aromatic N) is 8. The molecule has 5 rings (SSSR count). The lowest BCUT2D eigenvalue weighted by Crippen LogP contribution is -2.47. The molecule has 25 heavy (non-hydrogen) atoms. The molecule has 3 aromatic heterocycles. The molecule has 0 amide bonds. The van der Waals surface area contributed by atoms with E-state index in [1.807, 2.05) is 11.6 Å². The van der Waals surface area contributed by atoms with Gasteiger partial charge >= 0.3 is 0 Å². The summed E-state index contributed by atoms with van der Waals surface area (Å²) in [5.74, 6) is 2.06. The number of aromatic nitrogens is 6. The minimum Gasteiger partial charge on any atom is -0.353 e. The topological polar surface area (TPSA) is 75.9 Å². The van der Waals surface area contributed by atoms with Crippen LogP contribution in [0.15, 0.2) is 19.0 Å². The van der Waals surface area contributed by atoms with Crippen molar-refractivity contribution in [2.45, 2.75) is 19.3 Å². The van der Waals surface area contributed by atoms with Gasteiger partial charge in [-0.2, -0.15) is 0 Å². The molecular weight excluding hydrogens is 316 g/mol. The number of aryl methyl sites for hydroxylation is 2. The number of hydrogen-bond donors (Lipinski definition) is 0. The van der Waals surface area contributed by atoms with Crippen molar-refractivity contribution in [2.24, 2.45) is 7.05 Å². The first-order chi connectivity index (χ1) is 12.3. The third kappa shape index (κ3) is 2.32. The summed E-state index contributed by atoms with van der Waals surface area (Å²) in [7, 11) is 1.96. The van der Waals surface area contributed by atoms with Gasteiger partial charge in [-0.25, -0.2) is 24.9 Å². The maximum Gasteiger partial charge on any atom is 0.165 e. The molecule has 8 heteroatoms. The lowest BCUT2D eigenvalue weighted by atomic mass is 10.2. The second kappa shape index (κ2) is 5.65. The van der Waals surface area contributed by atoms with Crippen molar-refractivity contribution in [3.05, 3.63) is 30.2 Å². The third-order valence-corrected chi connectivity index (χ3v) is 5.21. The first-order valence-corrected chi connectivity index (χ1v) is 8.76. The lowest BCUT2D eigenvalue weighted by Gasteiger charge is -2.36. The minimum atomic E-state index is 0.876. The summed E-state index contributed by atoms with van der Waals surface area (Å²) < 4.78 is 1.93. The van der Waals surface area contributed by atoms with E-state index in [-0.39, 0.29) is 0 Å². The number of anilines is 2. The largest absolute Gasteiger partial charge is 0.353 e. The Morgan fingerprint density at radius 3 is 2.36 bits per heavy atom. The van der Waals surface area contributed by atoms with Crippen molar-refractivity contribution in [1.82, 2.24) is 29.5 Å². The van der Waals surface area contributed by atoms with Gasteiger partial charge in [-0.05, 0) is 19.3 Å². The number of imidazole rings is 1. The van der Waals surface area contributed by atoms with E-state index in [1.165, 1.54) is 17.7 Å². The molecule has 0 aromatic carbocycles. The molecule has 128 valence electrons. The summed E-state index contributed by atoms with van der Waals surface area (Å²) in [6.07, 6.45) is 8.52. The summed E-state index contributed by atoms with van der Waals surface area (Å²) in [5.41, 5.74) is 4.34.